The van der Waals surface area contributed by atoms with E-state index < -0.39 is 5.91 Å². The SMILES string of the molecule is CCOCCNC(=O)/C(=C/C=C(\C)Nc1sc(C)cc1C(N)=O)CC. The molecule has 1 aromatic heterocycles. The van der Waals surface area contributed by atoms with Crippen LogP contribution in [0.2, 0.25) is 0 Å². The lowest BCUT2D eigenvalue weighted by Crippen LogP contribution is -2.28. The molecular weight excluding hydrogens is 338 g/mol. The monoisotopic (exact) mass is 365 g/mol. The van der Waals surface area contributed by atoms with E-state index in [-0.39, 0.29) is 5.91 Å². The predicted molar refractivity (Wildman–Crippen MR) is 103 cm³/mol. The van der Waals surface area contributed by atoms with Gasteiger partial charge in [0.15, 0.2) is 0 Å². The first-order chi connectivity index (χ1) is 11.9. The topological polar surface area (TPSA) is 93.4 Å². The summed E-state index contributed by atoms with van der Waals surface area (Å²) in [6.45, 7) is 9.26. The number of thiophene rings is 1. The molecule has 0 spiro atoms. The average molecular weight is 365 g/mol. The Morgan fingerprint density at radius 1 is 1.32 bits per heavy atom. The fraction of sp³-hybridized carbons (Fsp3) is 0.444. The summed E-state index contributed by atoms with van der Waals surface area (Å²) in [5.74, 6) is -0.561. The highest BCUT2D eigenvalue weighted by Crippen LogP contribution is 2.28. The fourth-order valence-electron chi connectivity index (χ4n) is 2.09. The van der Waals surface area contributed by atoms with Gasteiger partial charge in [-0.05, 0) is 39.3 Å². The van der Waals surface area contributed by atoms with Crippen LogP contribution in [0.3, 0.4) is 0 Å². The summed E-state index contributed by atoms with van der Waals surface area (Å²) in [6.07, 6.45) is 4.22. The molecule has 138 valence electrons. The van der Waals surface area contributed by atoms with Crippen LogP contribution >= 0.6 is 11.3 Å². The van der Waals surface area contributed by atoms with Crippen LogP contribution in [0.15, 0.2) is 29.5 Å². The Labute approximate surface area is 153 Å². The molecule has 0 unspecified atom stereocenters. The minimum atomic E-state index is -0.460. The Kier molecular flexibility index (Phi) is 8.94. The molecule has 2 amide bonds. The Hall–Kier alpha value is -2.12. The van der Waals surface area contributed by atoms with Gasteiger partial charge in [0, 0.05) is 29.3 Å². The molecule has 7 heteroatoms. The number of hydrogen-bond donors (Lipinski definition) is 3. The van der Waals surface area contributed by atoms with Gasteiger partial charge in [-0.2, -0.15) is 0 Å². The number of amides is 2. The standard InChI is InChI=1S/C18H27N3O3S/c1-5-14(17(23)20-9-10-24-6-2)8-7-12(3)21-18-15(16(19)22)11-13(4)25-18/h7-8,11,21H,5-6,9-10H2,1-4H3,(H2,19,22)(H,20,23)/b12-7+,14-8+. The van der Waals surface area contributed by atoms with Gasteiger partial charge >= 0.3 is 0 Å². The largest absolute Gasteiger partial charge is 0.380 e. The average Bonchev–Trinajstić information content (AvgIpc) is 2.92. The number of allylic oxidation sites excluding steroid dienone is 3. The van der Waals surface area contributed by atoms with E-state index in [0.29, 0.717) is 42.3 Å². The molecule has 1 rings (SSSR count). The molecule has 0 saturated heterocycles. The van der Waals surface area contributed by atoms with Crippen molar-refractivity contribution in [3.8, 4) is 0 Å². The maximum absolute atomic E-state index is 12.1. The third kappa shape index (κ3) is 7.11. The van der Waals surface area contributed by atoms with Crippen LogP contribution in [-0.2, 0) is 9.53 Å². The normalized spacial score (nSPS) is 12.2. The van der Waals surface area contributed by atoms with E-state index in [0.717, 1.165) is 10.6 Å². The van der Waals surface area contributed by atoms with Crippen molar-refractivity contribution < 1.29 is 14.3 Å². The van der Waals surface area contributed by atoms with Crippen LogP contribution in [0.1, 0.15) is 42.4 Å². The van der Waals surface area contributed by atoms with E-state index in [9.17, 15) is 9.59 Å². The zero-order chi connectivity index (χ0) is 18.8. The van der Waals surface area contributed by atoms with Crippen LogP contribution in [0.4, 0.5) is 5.00 Å². The molecule has 1 heterocycles. The van der Waals surface area contributed by atoms with Gasteiger partial charge in [-0.1, -0.05) is 13.0 Å². The molecule has 0 aliphatic heterocycles. The lowest BCUT2D eigenvalue weighted by atomic mass is 10.1. The quantitative estimate of drug-likeness (QED) is 0.338. The summed E-state index contributed by atoms with van der Waals surface area (Å²) in [5.41, 5.74) is 7.36. The van der Waals surface area contributed by atoms with Crippen molar-refractivity contribution in [2.75, 3.05) is 25.1 Å². The Morgan fingerprint density at radius 3 is 2.64 bits per heavy atom. The number of hydrogen-bond acceptors (Lipinski definition) is 5. The van der Waals surface area contributed by atoms with Gasteiger partial charge in [0.05, 0.1) is 12.2 Å². The van der Waals surface area contributed by atoms with Gasteiger partial charge in [0.2, 0.25) is 5.91 Å². The number of ether oxygens (including phenoxy) is 1. The zero-order valence-corrected chi connectivity index (χ0v) is 16.1. The second kappa shape index (κ2) is 10.7. The lowest BCUT2D eigenvalue weighted by Gasteiger charge is -2.08. The first-order valence-corrected chi connectivity index (χ1v) is 9.11. The summed E-state index contributed by atoms with van der Waals surface area (Å²) in [6, 6.07) is 1.77. The summed E-state index contributed by atoms with van der Waals surface area (Å²) >= 11 is 1.47. The number of aryl methyl sites for hydroxylation is 1. The van der Waals surface area contributed by atoms with Crippen molar-refractivity contribution >= 4 is 28.2 Å². The third-order valence-electron chi connectivity index (χ3n) is 3.37. The van der Waals surface area contributed by atoms with Crippen LogP contribution in [0.5, 0.6) is 0 Å². The minimum absolute atomic E-state index is 0.101. The van der Waals surface area contributed by atoms with Crippen molar-refractivity contribution in [1.82, 2.24) is 5.32 Å². The Bertz CT molecular complexity index is 663. The summed E-state index contributed by atoms with van der Waals surface area (Å²) in [5, 5.41) is 6.72. The van der Waals surface area contributed by atoms with Crippen molar-refractivity contribution in [1.29, 1.82) is 0 Å². The number of nitrogens with one attached hydrogen (secondary N) is 2. The van der Waals surface area contributed by atoms with E-state index in [2.05, 4.69) is 10.6 Å². The molecule has 0 fully saturated rings. The molecule has 0 saturated carbocycles. The molecule has 0 radical (unpaired) electrons. The first-order valence-electron chi connectivity index (χ1n) is 8.29. The van der Waals surface area contributed by atoms with E-state index >= 15 is 0 Å². The van der Waals surface area contributed by atoms with Crippen LogP contribution in [-0.4, -0.2) is 31.6 Å². The molecular formula is C18H27N3O3S. The molecule has 0 aromatic carbocycles. The molecule has 6 nitrogen and oxygen atoms in total. The molecule has 25 heavy (non-hydrogen) atoms. The number of rotatable bonds is 10. The minimum Gasteiger partial charge on any atom is -0.380 e. The highest BCUT2D eigenvalue weighted by Gasteiger charge is 2.12. The molecule has 1 aromatic rings. The smallest absolute Gasteiger partial charge is 0.251 e. The van der Waals surface area contributed by atoms with Gasteiger partial charge < -0.3 is 21.1 Å². The third-order valence-corrected chi connectivity index (χ3v) is 4.34. The van der Waals surface area contributed by atoms with E-state index in [1.165, 1.54) is 11.3 Å². The van der Waals surface area contributed by atoms with Crippen LogP contribution in [0.25, 0.3) is 0 Å². The first kappa shape index (κ1) is 20.9. The summed E-state index contributed by atoms with van der Waals surface area (Å²) < 4.78 is 5.20. The number of anilines is 1. The van der Waals surface area contributed by atoms with E-state index in [1.807, 2.05) is 33.8 Å². The number of primary amides is 1. The van der Waals surface area contributed by atoms with Crippen LogP contribution < -0.4 is 16.4 Å². The summed E-state index contributed by atoms with van der Waals surface area (Å²) in [7, 11) is 0. The molecule has 0 bridgehead atoms. The van der Waals surface area contributed by atoms with Gasteiger partial charge in [-0.15, -0.1) is 11.3 Å². The maximum Gasteiger partial charge on any atom is 0.251 e. The summed E-state index contributed by atoms with van der Waals surface area (Å²) in [4.78, 5) is 24.6. The molecule has 0 atom stereocenters. The lowest BCUT2D eigenvalue weighted by molar-refractivity contribution is -0.117. The van der Waals surface area contributed by atoms with Crippen molar-refractivity contribution in [3.05, 3.63) is 39.9 Å². The highest BCUT2D eigenvalue weighted by atomic mass is 32.1. The Morgan fingerprint density at radius 2 is 2.04 bits per heavy atom. The van der Waals surface area contributed by atoms with Gasteiger partial charge in [0.1, 0.15) is 5.00 Å². The van der Waals surface area contributed by atoms with Gasteiger partial charge in [-0.3, -0.25) is 9.59 Å². The van der Waals surface area contributed by atoms with Gasteiger partial charge in [-0.25, -0.2) is 0 Å². The Balaban J connectivity index is 2.74. The van der Waals surface area contributed by atoms with Gasteiger partial charge in [0.25, 0.3) is 5.91 Å². The van der Waals surface area contributed by atoms with Crippen molar-refractivity contribution in [2.45, 2.75) is 34.1 Å². The highest BCUT2D eigenvalue weighted by molar-refractivity contribution is 7.16. The molecule has 4 N–H and O–H groups in total. The molecule has 0 aliphatic rings. The van der Waals surface area contributed by atoms with Crippen LogP contribution in [0, 0.1) is 6.92 Å². The van der Waals surface area contributed by atoms with E-state index in [1.54, 1.807) is 12.1 Å². The zero-order valence-electron chi connectivity index (χ0n) is 15.3. The van der Waals surface area contributed by atoms with E-state index in [4.69, 9.17) is 10.5 Å². The molecule has 0 aliphatic carbocycles. The second-order valence-electron chi connectivity index (χ2n) is 5.44. The second-order valence-corrected chi connectivity index (χ2v) is 6.69. The van der Waals surface area contributed by atoms with Crippen molar-refractivity contribution in [3.63, 3.8) is 0 Å². The maximum atomic E-state index is 12.1. The van der Waals surface area contributed by atoms with Crippen molar-refractivity contribution in [2.24, 2.45) is 5.73 Å². The number of carbonyl (C=O) groups is 2. The predicted octanol–water partition coefficient (Wildman–Crippen LogP) is 2.96. The number of nitrogens with two attached hydrogens (primary N) is 1. The fourth-order valence-corrected chi connectivity index (χ4v) is 3.07. The number of carbonyl (C=O) groups excluding carboxylic acids is 2.